The number of nitriles is 1. The van der Waals surface area contributed by atoms with E-state index in [-0.39, 0.29) is 17.8 Å². The molecule has 0 aliphatic heterocycles. The number of carbonyl (C=O) groups excluding carboxylic acids is 1. The largest absolute Gasteiger partial charge is 0.467 e. The average molecular weight is 312 g/mol. The number of anilines is 1. The van der Waals surface area contributed by atoms with Gasteiger partial charge < -0.3 is 15.1 Å². The summed E-state index contributed by atoms with van der Waals surface area (Å²) in [4.78, 5) is 22.0. The van der Waals surface area contributed by atoms with Crippen molar-refractivity contribution in [3.8, 4) is 6.07 Å². The van der Waals surface area contributed by atoms with Crippen molar-refractivity contribution in [1.82, 2.24) is 5.32 Å². The van der Waals surface area contributed by atoms with Gasteiger partial charge in [0.15, 0.2) is 0 Å². The molecular formula is C15H12N4O4. The Morgan fingerprint density at radius 2 is 2.22 bits per heavy atom. The van der Waals surface area contributed by atoms with E-state index in [0.717, 1.165) is 0 Å². The number of rotatable bonds is 6. The molecule has 0 bridgehead atoms. The maximum Gasteiger partial charge on any atom is 0.271 e. The molecule has 1 amide bonds. The lowest BCUT2D eigenvalue weighted by Crippen LogP contribution is -2.24. The predicted octanol–water partition coefficient (Wildman–Crippen LogP) is 2.32. The molecule has 0 saturated carbocycles. The van der Waals surface area contributed by atoms with E-state index in [0.29, 0.717) is 11.4 Å². The Bertz CT molecular complexity index is 775. The Balaban J connectivity index is 2.01. The van der Waals surface area contributed by atoms with Crippen LogP contribution in [0.1, 0.15) is 5.76 Å². The van der Waals surface area contributed by atoms with E-state index in [2.05, 4.69) is 10.6 Å². The summed E-state index contributed by atoms with van der Waals surface area (Å²) in [5, 5.41) is 24.9. The van der Waals surface area contributed by atoms with Crippen LogP contribution in [0.25, 0.3) is 0 Å². The van der Waals surface area contributed by atoms with Gasteiger partial charge >= 0.3 is 0 Å². The van der Waals surface area contributed by atoms with Crippen LogP contribution in [-0.2, 0) is 11.3 Å². The molecule has 8 heteroatoms. The minimum Gasteiger partial charge on any atom is -0.467 e. The highest BCUT2D eigenvalue weighted by atomic mass is 16.6. The van der Waals surface area contributed by atoms with Crippen LogP contribution in [0.2, 0.25) is 0 Å². The third-order valence-electron chi connectivity index (χ3n) is 2.81. The number of nitrogens with one attached hydrogen (secondary N) is 2. The van der Waals surface area contributed by atoms with Crippen LogP contribution in [0.15, 0.2) is 58.9 Å². The van der Waals surface area contributed by atoms with Gasteiger partial charge in [0.05, 0.1) is 17.7 Å². The third kappa shape index (κ3) is 4.44. The van der Waals surface area contributed by atoms with E-state index in [1.54, 1.807) is 24.3 Å². The van der Waals surface area contributed by atoms with Gasteiger partial charge in [0.2, 0.25) is 0 Å². The SMILES string of the molecule is N#C/C(=C/Nc1cccc([N+](=O)[O-])c1)C(=O)NCc1ccco1. The van der Waals surface area contributed by atoms with Gasteiger partial charge in [-0.1, -0.05) is 6.07 Å². The van der Waals surface area contributed by atoms with Gasteiger partial charge in [-0.2, -0.15) is 5.26 Å². The standard InChI is InChI=1S/C15H12N4O4/c16-8-11(15(20)18-10-14-5-2-6-23-14)9-17-12-3-1-4-13(7-12)19(21)22/h1-7,9,17H,10H2,(H,18,20)/b11-9-. The quantitative estimate of drug-likeness (QED) is 0.365. The highest BCUT2D eigenvalue weighted by molar-refractivity contribution is 5.97. The zero-order valence-corrected chi connectivity index (χ0v) is 11.9. The third-order valence-corrected chi connectivity index (χ3v) is 2.81. The minimum atomic E-state index is -0.582. The molecule has 0 aliphatic carbocycles. The van der Waals surface area contributed by atoms with Crippen molar-refractivity contribution in [3.05, 3.63) is 70.3 Å². The molecule has 0 atom stereocenters. The molecule has 23 heavy (non-hydrogen) atoms. The van der Waals surface area contributed by atoms with Gasteiger partial charge in [-0.25, -0.2) is 0 Å². The molecule has 0 spiro atoms. The zero-order chi connectivity index (χ0) is 16.7. The second kappa shape index (κ2) is 7.42. The maximum atomic E-state index is 11.9. The summed E-state index contributed by atoms with van der Waals surface area (Å²) in [6.45, 7) is 0.154. The van der Waals surface area contributed by atoms with Crippen molar-refractivity contribution >= 4 is 17.3 Å². The summed E-state index contributed by atoms with van der Waals surface area (Å²) in [6.07, 6.45) is 2.67. The molecule has 0 saturated heterocycles. The van der Waals surface area contributed by atoms with Gasteiger partial charge in [0, 0.05) is 24.0 Å². The fourth-order valence-corrected chi connectivity index (χ4v) is 1.69. The molecule has 2 N–H and O–H groups in total. The van der Waals surface area contributed by atoms with Gasteiger partial charge in [-0.3, -0.25) is 14.9 Å². The number of nitrogens with zero attached hydrogens (tertiary/aromatic N) is 2. The Morgan fingerprint density at radius 1 is 1.39 bits per heavy atom. The average Bonchev–Trinajstić information content (AvgIpc) is 3.07. The number of non-ortho nitro benzene ring substituents is 1. The normalized spacial score (nSPS) is 10.7. The van der Waals surface area contributed by atoms with E-state index in [9.17, 15) is 14.9 Å². The van der Waals surface area contributed by atoms with Gasteiger partial charge in [-0.05, 0) is 18.2 Å². The summed E-state index contributed by atoms with van der Waals surface area (Å²) < 4.78 is 5.07. The lowest BCUT2D eigenvalue weighted by molar-refractivity contribution is -0.384. The number of nitro benzene ring substituents is 1. The zero-order valence-electron chi connectivity index (χ0n) is 11.9. The summed E-state index contributed by atoms with van der Waals surface area (Å²) in [6, 6.07) is 10.9. The number of hydrogen-bond acceptors (Lipinski definition) is 6. The molecule has 0 radical (unpaired) electrons. The number of hydrogen-bond donors (Lipinski definition) is 2. The van der Waals surface area contributed by atoms with E-state index < -0.39 is 10.8 Å². The maximum absolute atomic E-state index is 11.9. The number of nitro groups is 1. The first-order valence-corrected chi connectivity index (χ1v) is 6.52. The first-order chi connectivity index (χ1) is 11.1. The number of furan rings is 1. The molecule has 2 rings (SSSR count). The van der Waals surface area contributed by atoms with Crippen LogP contribution in [0, 0.1) is 21.4 Å². The van der Waals surface area contributed by atoms with Gasteiger partial charge in [-0.15, -0.1) is 0 Å². The van der Waals surface area contributed by atoms with Crippen molar-refractivity contribution in [2.24, 2.45) is 0 Å². The monoisotopic (exact) mass is 312 g/mol. The van der Waals surface area contributed by atoms with Crippen LogP contribution in [0.5, 0.6) is 0 Å². The molecular weight excluding hydrogens is 300 g/mol. The minimum absolute atomic E-state index is 0.0934. The Morgan fingerprint density at radius 3 is 2.87 bits per heavy atom. The Labute approximate surface area is 131 Å². The molecule has 1 heterocycles. The van der Waals surface area contributed by atoms with Crippen molar-refractivity contribution in [2.45, 2.75) is 6.54 Å². The van der Waals surface area contributed by atoms with Crippen LogP contribution >= 0.6 is 0 Å². The number of carbonyl (C=O) groups is 1. The van der Waals surface area contributed by atoms with E-state index >= 15 is 0 Å². The van der Waals surface area contributed by atoms with Crippen molar-refractivity contribution in [3.63, 3.8) is 0 Å². The van der Waals surface area contributed by atoms with Crippen LogP contribution in [0.3, 0.4) is 0 Å². The van der Waals surface area contributed by atoms with Gasteiger partial charge in [0.1, 0.15) is 17.4 Å². The second-order valence-electron chi connectivity index (χ2n) is 4.38. The summed E-state index contributed by atoms with van der Waals surface area (Å²) in [5.74, 6) is -0.0240. The van der Waals surface area contributed by atoms with Crippen molar-refractivity contribution in [2.75, 3.05) is 5.32 Å². The first kappa shape index (κ1) is 15.8. The number of benzene rings is 1. The van der Waals surface area contributed by atoms with Crippen molar-refractivity contribution in [1.29, 1.82) is 5.26 Å². The summed E-state index contributed by atoms with van der Waals surface area (Å²) >= 11 is 0. The smallest absolute Gasteiger partial charge is 0.271 e. The molecule has 0 fully saturated rings. The Hall–Kier alpha value is -3.60. The lowest BCUT2D eigenvalue weighted by atomic mass is 10.2. The summed E-state index contributed by atoms with van der Waals surface area (Å²) in [5.41, 5.74) is 0.137. The first-order valence-electron chi connectivity index (χ1n) is 6.52. The fraction of sp³-hybridized carbons (Fsp3) is 0.0667. The molecule has 0 unspecified atom stereocenters. The fourth-order valence-electron chi connectivity index (χ4n) is 1.69. The highest BCUT2D eigenvalue weighted by Crippen LogP contribution is 2.17. The topological polar surface area (TPSA) is 121 Å². The van der Waals surface area contributed by atoms with Gasteiger partial charge in [0.25, 0.3) is 11.6 Å². The molecule has 2 aromatic rings. The van der Waals surface area contributed by atoms with Crippen molar-refractivity contribution < 1.29 is 14.1 Å². The Kier molecular flexibility index (Phi) is 5.09. The lowest BCUT2D eigenvalue weighted by Gasteiger charge is -2.04. The number of amides is 1. The van der Waals surface area contributed by atoms with Crippen LogP contribution in [0.4, 0.5) is 11.4 Å². The molecule has 1 aromatic heterocycles. The molecule has 0 aliphatic rings. The van der Waals surface area contributed by atoms with Crippen LogP contribution < -0.4 is 10.6 Å². The predicted molar refractivity (Wildman–Crippen MR) is 81.0 cm³/mol. The molecule has 8 nitrogen and oxygen atoms in total. The van der Waals surface area contributed by atoms with E-state index in [1.807, 2.05) is 0 Å². The molecule has 116 valence electrons. The van der Waals surface area contributed by atoms with E-state index in [1.165, 1.54) is 30.7 Å². The highest BCUT2D eigenvalue weighted by Gasteiger charge is 2.10. The van der Waals surface area contributed by atoms with Crippen LogP contribution in [-0.4, -0.2) is 10.8 Å². The summed E-state index contributed by atoms with van der Waals surface area (Å²) in [7, 11) is 0. The molecule has 1 aromatic carbocycles. The second-order valence-corrected chi connectivity index (χ2v) is 4.38. The van der Waals surface area contributed by atoms with E-state index in [4.69, 9.17) is 9.68 Å².